The SMILES string of the molecule is COc1cccc2c1OCC(Cc1ccc(C)nc1C)C2. The molecule has 1 aromatic carbocycles. The molecule has 0 saturated heterocycles. The van der Waals surface area contributed by atoms with Crippen LogP contribution in [0.25, 0.3) is 0 Å². The third-order valence-corrected chi connectivity index (χ3v) is 4.10. The van der Waals surface area contributed by atoms with Crippen LogP contribution in [0.4, 0.5) is 0 Å². The zero-order chi connectivity index (χ0) is 14.8. The lowest BCUT2D eigenvalue weighted by molar-refractivity contribution is 0.211. The Morgan fingerprint density at radius 3 is 2.86 bits per heavy atom. The van der Waals surface area contributed by atoms with Crippen LogP contribution in [-0.4, -0.2) is 18.7 Å². The summed E-state index contributed by atoms with van der Waals surface area (Å²) in [4.78, 5) is 4.55. The Balaban J connectivity index is 1.77. The van der Waals surface area contributed by atoms with Crippen LogP contribution in [0, 0.1) is 19.8 Å². The molecule has 3 heteroatoms. The van der Waals surface area contributed by atoms with E-state index in [1.54, 1.807) is 7.11 Å². The number of aromatic nitrogens is 1. The van der Waals surface area contributed by atoms with Crippen LogP contribution in [0.15, 0.2) is 30.3 Å². The first-order chi connectivity index (χ1) is 10.2. The number of hydrogen-bond donors (Lipinski definition) is 0. The molecule has 1 aliphatic rings. The highest BCUT2D eigenvalue weighted by atomic mass is 16.5. The van der Waals surface area contributed by atoms with Gasteiger partial charge in [0, 0.05) is 17.3 Å². The van der Waals surface area contributed by atoms with Crippen LogP contribution < -0.4 is 9.47 Å². The summed E-state index contributed by atoms with van der Waals surface area (Å²) in [6.45, 7) is 4.85. The molecular formula is C18H21NO2. The van der Waals surface area contributed by atoms with Crippen molar-refractivity contribution >= 4 is 0 Å². The third kappa shape index (κ3) is 2.87. The van der Waals surface area contributed by atoms with Gasteiger partial charge in [0.1, 0.15) is 0 Å². The summed E-state index contributed by atoms with van der Waals surface area (Å²) in [6, 6.07) is 10.4. The van der Waals surface area contributed by atoms with Crippen molar-refractivity contribution in [1.82, 2.24) is 4.98 Å². The minimum atomic E-state index is 0.493. The molecule has 3 nitrogen and oxygen atoms in total. The predicted octanol–water partition coefficient (Wildman–Crippen LogP) is 3.50. The molecule has 0 aliphatic carbocycles. The minimum absolute atomic E-state index is 0.493. The molecule has 0 N–H and O–H groups in total. The highest BCUT2D eigenvalue weighted by molar-refractivity contribution is 5.47. The Labute approximate surface area is 125 Å². The molecule has 1 aliphatic heterocycles. The molecule has 0 bridgehead atoms. The van der Waals surface area contributed by atoms with Gasteiger partial charge in [0.15, 0.2) is 11.5 Å². The van der Waals surface area contributed by atoms with Crippen LogP contribution in [0.1, 0.15) is 22.5 Å². The van der Waals surface area contributed by atoms with Crippen LogP contribution >= 0.6 is 0 Å². The summed E-state index contributed by atoms with van der Waals surface area (Å²) >= 11 is 0. The van der Waals surface area contributed by atoms with E-state index >= 15 is 0 Å². The lowest BCUT2D eigenvalue weighted by Crippen LogP contribution is -2.23. The Bertz CT molecular complexity index is 652. The van der Waals surface area contributed by atoms with Gasteiger partial charge in [-0.2, -0.15) is 0 Å². The second-order valence-electron chi connectivity index (χ2n) is 5.73. The van der Waals surface area contributed by atoms with Crippen molar-refractivity contribution in [2.24, 2.45) is 5.92 Å². The van der Waals surface area contributed by atoms with Crippen molar-refractivity contribution in [3.8, 4) is 11.5 Å². The van der Waals surface area contributed by atoms with E-state index in [2.05, 4.69) is 30.1 Å². The van der Waals surface area contributed by atoms with Gasteiger partial charge in [0.2, 0.25) is 0 Å². The van der Waals surface area contributed by atoms with Crippen molar-refractivity contribution in [3.05, 3.63) is 52.8 Å². The van der Waals surface area contributed by atoms with E-state index < -0.39 is 0 Å². The number of rotatable bonds is 3. The number of aryl methyl sites for hydroxylation is 2. The Kier molecular flexibility index (Phi) is 3.82. The standard InChI is InChI=1S/C18H21NO2/c1-12-7-8-15(13(2)19-12)9-14-10-16-5-4-6-17(20-3)18(16)21-11-14/h4-8,14H,9-11H2,1-3H3. The van der Waals surface area contributed by atoms with Crippen molar-refractivity contribution in [3.63, 3.8) is 0 Å². The molecule has 1 atom stereocenters. The normalized spacial score (nSPS) is 17.0. The zero-order valence-electron chi connectivity index (χ0n) is 12.8. The van der Waals surface area contributed by atoms with E-state index in [0.717, 1.165) is 42.3 Å². The fourth-order valence-corrected chi connectivity index (χ4v) is 2.99. The fraction of sp³-hybridized carbons (Fsp3) is 0.389. The zero-order valence-corrected chi connectivity index (χ0v) is 12.8. The van der Waals surface area contributed by atoms with E-state index in [4.69, 9.17) is 9.47 Å². The molecule has 3 rings (SSSR count). The van der Waals surface area contributed by atoms with Gasteiger partial charge in [-0.1, -0.05) is 18.2 Å². The molecule has 0 fully saturated rings. The first-order valence-electron chi connectivity index (χ1n) is 7.39. The second-order valence-corrected chi connectivity index (χ2v) is 5.73. The lowest BCUT2D eigenvalue weighted by Gasteiger charge is -2.26. The van der Waals surface area contributed by atoms with Crippen LogP contribution in [0.2, 0.25) is 0 Å². The number of ether oxygens (including phenoxy) is 2. The van der Waals surface area contributed by atoms with E-state index in [9.17, 15) is 0 Å². The molecule has 0 amide bonds. The maximum atomic E-state index is 5.95. The van der Waals surface area contributed by atoms with E-state index in [-0.39, 0.29) is 0 Å². The molecule has 21 heavy (non-hydrogen) atoms. The predicted molar refractivity (Wildman–Crippen MR) is 83.1 cm³/mol. The number of hydrogen-bond acceptors (Lipinski definition) is 3. The smallest absolute Gasteiger partial charge is 0.164 e. The molecule has 0 spiro atoms. The van der Waals surface area contributed by atoms with Crippen molar-refractivity contribution in [2.75, 3.05) is 13.7 Å². The summed E-state index contributed by atoms with van der Waals surface area (Å²) in [5, 5.41) is 0. The van der Waals surface area contributed by atoms with Crippen LogP contribution in [-0.2, 0) is 12.8 Å². The van der Waals surface area contributed by atoms with E-state index in [0.29, 0.717) is 5.92 Å². The van der Waals surface area contributed by atoms with Crippen LogP contribution in [0.5, 0.6) is 11.5 Å². The van der Waals surface area contributed by atoms with Gasteiger partial charge in [-0.25, -0.2) is 0 Å². The highest BCUT2D eigenvalue weighted by Gasteiger charge is 2.23. The van der Waals surface area contributed by atoms with Gasteiger partial charge in [-0.15, -0.1) is 0 Å². The second kappa shape index (κ2) is 5.76. The van der Waals surface area contributed by atoms with Crippen LogP contribution in [0.3, 0.4) is 0 Å². The van der Waals surface area contributed by atoms with Gasteiger partial charge < -0.3 is 9.47 Å². The van der Waals surface area contributed by atoms with Gasteiger partial charge in [0.05, 0.1) is 13.7 Å². The van der Waals surface area contributed by atoms with Gasteiger partial charge >= 0.3 is 0 Å². The molecule has 2 heterocycles. The lowest BCUT2D eigenvalue weighted by atomic mass is 9.90. The number of methoxy groups -OCH3 is 1. The summed E-state index contributed by atoms with van der Waals surface area (Å²) in [6.07, 6.45) is 2.04. The van der Waals surface area contributed by atoms with Gasteiger partial charge in [0.25, 0.3) is 0 Å². The maximum absolute atomic E-state index is 5.95. The Morgan fingerprint density at radius 1 is 1.24 bits per heavy atom. The number of para-hydroxylation sites is 1. The maximum Gasteiger partial charge on any atom is 0.164 e. The van der Waals surface area contributed by atoms with Crippen molar-refractivity contribution in [2.45, 2.75) is 26.7 Å². The number of nitrogens with zero attached hydrogens (tertiary/aromatic N) is 1. The molecule has 110 valence electrons. The topological polar surface area (TPSA) is 31.4 Å². The molecular weight excluding hydrogens is 262 g/mol. The summed E-state index contributed by atoms with van der Waals surface area (Å²) < 4.78 is 11.3. The average molecular weight is 283 g/mol. The number of benzene rings is 1. The van der Waals surface area contributed by atoms with Crippen molar-refractivity contribution < 1.29 is 9.47 Å². The quantitative estimate of drug-likeness (QED) is 0.864. The molecule has 1 aromatic heterocycles. The monoisotopic (exact) mass is 283 g/mol. The number of pyridine rings is 1. The fourth-order valence-electron chi connectivity index (χ4n) is 2.99. The van der Waals surface area contributed by atoms with Gasteiger partial charge in [-0.05, 0) is 49.9 Å². The summed E-state index contributed by atoms with van der Waals surface area (Å²) in [5.41, 5.74) is 4.77. The van der Waals surface area contributed by atoms with E-state index in [1.807, 2.05) is 19.1 Å². The average Bonchev–Trinajstić information content (AvgIpc) is 2.49. The van der Waals surface area contributed by atoms with E-state index in [1.165, 1.54) is 11.1 Å². The first-order valence-corrected chi connectivity index (χ1v) is 7.39. The first kappa shape index (κ1) is 13.9. The molecule has 0 saturated carbocycles. The number of fused-ring (bicyclic) bond motifs is 1. The Morgan fingerprint density at radius 2 is 2.10 bits per heavy atom. The van der Waals surface area contributed by atoms with Gasteiger partial charge in [-0.3, -0.25) is 4.98 Å². The highest BCUT2D eigenvalue weighted by Crippen LogP contribution is 2.36. The molecule has 0 radical (unpaired) electrons. The summed E-state index contributed by atoms with van der Waals surface area (Å²) in [5.74, 6) is 2.24. The third-order valence-electron chi connectivity index (χ3n) is 4.10. The minimum Gasteiger partial charge on any atom is -0.493 e. The largest absolute Gasteiger partial charge is 0.493 e. The molecule has 1 unspecified atom stereocenters. The van der Waals surface area contributed by atoms with Crippen molar-refractivity contribution in [1.29, 1.82) is 0 Å². The Hall–Kier alpha value is -2.03. The molecule has 2 aromatic rings. The summed E-state index contributed by atoms with van der Waals surface area (Å²) in [7, 11) is 1.69.